The normalized spacial score (nSPS) is 23.7. The van der Waals surface area contributed by atoms with Gasteiger partial charge in [-0.2, -0.15) is 10.8 Å². The lowest BCUT2D eigenvalue weighted by Crippen LogP contribution is -2.60. The maximum Gasteiger partial charge on any atom is 0.230 e. The average Bonchev–Trinajstić information content (AvgIpc) is 3.31. The molecule has 2 heterocycles. The van der Waals surface area contributed by atoms with E-state index in [1.54, 1.807) is 6.07 Å². The van der Waals surface area contributed by atoms with Crippen molar-refractivity contribution in [1.82, 2.24) is 9.80 Å². The van der Waals surface area contributed by atoms with Crippen molar-refractivity contribution in [1.29, 1.82) is 10.8 Å². The van der Waals surface area contributed by atoms with Crippen LogP contribution >= 0.6 is 11.6 Å². The van der Waals surface area contributed by atoms with Crippen molar-refractivity contribution in [2.45, 2.75) is 37.8 Å². The number of piperazine rings is 1. The van der Waals surface area contributed by atoms with Crippen molar-refractivity contribution < 1.29 is 9.53 Å². The Morgan fingerprint density at radius 2 is 2.11 bits per heavy atom. The number of carbonyl (C=O) groups excluding carboxylic acids is 1. The molecule has 0 spiro atoms. The van der Waals surface area contributed by atoms with Crippen molar-refractivity contribution in [3.63, 3.8) is 0 Å². The molecule has 2 aromatic rings. The molecular formula is C26H28ClN7O2. The molecule has 1 aliphatic carbocycles. The predicted molar refractivity (Wildman–Crippen MR) is 136 cm³/mol. The van der Waals surface area contributed by atoms with Gasteiger partial charge in [-0.05, 0) is 60.2 Å². The monoisotopic (exact) mass is 505 g/mol. The highest BCUT2D eigenvalue weighted by Gasteiger charge is 2.39. The number of nitriles is 1. The number of ether oxygens (including phenoxy) is 1. The van der Waals surface area contributed by atoms with Gasteiger partial charge in [-0.3, -0.25) is 9.69 Å². The molecule has 2 fully saturated rings. The highest BCUT2D eigenvalue weighted by atomic mass is 35.5. The van der Waals surface area contributed by atoms with Crippen LogP contribution in [0.4, 0.5) is 5.69 Å². The molecule has 0 saturated carbocycles. The van der Waals surface area contributed by atoms with E-state index in [4.69, 9.17) is 21.9 Å². The minimum absolute atomic E-state index is 0.114. The Labute approximate surface area is 215 Å². The SMILES string of the molecule is Cc1c([C@@H]2CN3CCN(C(=O)C4CCc5cc(N/C=N\N=N)ccc54)C[C@H]3CO2)ccc(Cl)c1C#N. The summed E-state index contributed by atoms with van der Waals surface area (Å²) >= 11 is 6.19. The maximum atomic E-state index is 13.5. The van der Waals surface area contributed by atoms with Gasteiger partial charge in [0.1, 0.15) is 12.4 Å². The molecule has 3 aliphatic rings. The molecule has 0 aromatic heterocycles. The van der Waals surface area contributed by atoms with Crippen LogP contribution in [0.2, 0.25) is 5.02 Å². The van der Waals surface area contributed by atoms with E-state index in [0.717, 1.165) is 48.3 Å². The zero-order valence-electron chi connectivity index (χ0n) is 20.1. The van der Waals surface area contributed by atoms with Gasteiger partial charge in [0.15, 0.2) is 0 Å². The molecule has 10 heteroatoms. The molecule has 1 amide bonds. The number of rotatable bonds is 5. The largest absolute Gasteiger partial charge is 0.370 e. The fourth-order valence-corrected chi connectivity index (χ4v) is 5.92. The smallest absolute Gasteiger partial charge is 0.230 e. The molecule has 3 atom stereocenters. The van der Waals surface area contributed by atoms with E-state index in [1.165, 1.54) is 11.9 Å². The number of nitrogens with one attached hydrogen (secondary N) is 2. The molecule has 36 heavy (non-hydrogen) atoms. The number of hydrogen-bond donors (Lipinski definition) is 2. The summed E-state index contributed by atoms with van der Waals surface area (Å²) in [6.07, 6.45) is 2.94. The van der Waals surface area contributed by atoms with Crippen LogP contribution < -0.4 is 5.32 Å². The summed E-state index contributed by atoms with van der Waals surface area (Å²) in [6.45, 7) is 5.36. The van der Waals surface area contributed by atoms with Crippen molar-refractivity contribution in [3.8, 4) is 6.07 Å². The molecule has 2 N–H and O–H groups in total. The summed E-state index contributed by atoms with van der Waals surface area (Å²) in [4.78, 5) is 17.9. The maximum absolute atomic E-state index is 13.5. The zero-order valence-corrected chi connectivity index (χ0v) is 20.8. The minimum atomic E-state index is -0.115. The number of nitrogens with zero attached hydrogens (tertiary/aromatic N) is 5. The number of halogens is 1. The summed E-state index contributed by atoms with van der Waals surface area (Å²) < 4.78 is 6.25. The van der Waals surface area contributed by atoms with Gasteiger partial charge in [-0.1, -0.05) is 29.0 Å². The molecular weight excluding hydrogens is 478 g/mol. The number of carbonyl (C=O) groups is 1. The van der Waals surface area contributed by atoms with Gasteiger partial charge in [-0.15, -0.1) is 5.10 Å². The summed E-state index contributed by atoms with van der Waals surface area (Å²) in [6, 6.07) is 12.1. The molecule has 2 aromatic carbocycles. The Hall–Kier alpha value is -3.32. The molecule has 2 saturated heterocycles. The second-order valence-electron chi connectivity index (χ2n) is 9.50. The predicted octanol–water partition coefficient (Wildman–Crippen LogP) is 4.22. The van der Waals surface area contributed by atoms with Gasteiger partial charge >= 0.3 is 0 Å². The number of amides is 1. The number of aryl methyl sites for hydroxylation is 1. The summed E-state index contributed by atoms with van der Waals surface area (Å²) in [5.41, 5.74) is 12.2. The van der Waals surface area contributed by atoms with Gasteiger partial charge in [0, 0.05) is 31.9 Å². The summed E-state index contributed by atoms with van der Waals surface area (Å²) in [5, 5.41) is 19.4. The highest BCUT2D eigenvalue weighted by Crippen LogP contribution is 2.37. The zero-order chi connectivity index (χ0) is 25.2. The van der Waals surface area contributed by atoms with Crippen molar-refractivity contribution in [2.24, 2.45) is 10.3 Å². The van der Waals surface area contributed by atoms with Crippen molar-refractivity contribution in [3.05, 3.63) is 63.2 Å². The standard InChI is InChI=1S/C26H28ClN7O2/c1-16-20(6-7-24(27)23(16)11-28)25-13-33-8-9-34(12-19(33)14-36-25)26(35)22-4-2-17-10-18(3-5-21(17)22)30-15-31-32-29/h3,5-7,10,15,19,22,25H,2,4,8-9,12-14H2,1H3,(H2,29,30,31)/t19-,22?,25-/m0/s1. The third-order valence-corrected chi connectivity index (χ3v) is 7.90. The van der Waals surface area contributed by atoms with Crippen LogP contribution in [0.1, 0.15) is 46.3 Å². The topological polar surface area (TPSA) is 117 Å². The van der Waals surface area contributed by atoms with E-state index in [-0.39, 0.29) is 24.0 Å². The molecule has 186 valence electrons. The number of fused-ring (bicyclic) bond motifs is 2. The Morgan fingerprint density at radius 3 is 2.92 bits per heavy atom. The van der Waals surface area contributed by atoms with Crippen LogP contribution in [-0.2, 0) is 16.0 Å². The van der Waals surface area contributed by atoms with E-state index in [2.05, 4.69) is 26.6 Å². The summed E-state index contributed by atoms with van der Waals surface area (Å²) in [7, 11) is 0. The number of benzene rings is 2. The fraction of sp³-hybridized carbons (Fsp3) is 0.423. The fourth-order valence-electron chi connectivity index (χ4n) is 5.67. The molecule has 0 bridgehead atoms. The third kappa shape index (κ3) is 4.60. The Balaban J connectivity index is 1.23. The Kier molecular flexibility index (Phi) is 7.01. The minimum Gasteiger partial charge on any atom is -0.370 e. The van der Waals surface area contributed by atoms with Gasteiger partial charge in [0.25, 0.3) is 0 Å². The number of hydrogen-bond acceptors (Lipinski definition) is 6. The lowest BCUT2D eigenvalue weighted by atomic mass is 9.95. The van der Waals surface area contributed by atoms with Crippen LogP contribution in [-0.4, -0.2) is 60.9 Å². The van der Waals surface area contributed by atoms with E-state index < -0.39 is 0 Å². The van der Waals surface area contributed by atoms with Gasteiger partial charge < -0.3 is 15.0 Å². The first-order valence-corrected chi connectivity index (χ1v) is 12.5. The van der Waals surface area contributed by atoms with Gasteiger partial charge in [0.2, 0.25) is 5.91 Å². The third-order valence-electron chi connectivity index (χ3n) is 7.59. The van der Waals surface area contributed by atoms with E-state index in [0.29, 0.717) is 30.3 Å². The lowest BCUT2D eigenvalue weighted by molar-refractivity contribution is -0.141. The first-order chi connectivity index (χ1) is 17.5. The quantitative estimate of drug-likeness (QED) is 0.273. The molecule has 5 rings (SSSR count). The van der Waals surface area contributed by atoms with Crippen LogP contribution in [0.5, 0.6) is 0 Å². The number of morpholine rings is 1. The summed E-state index contributed by atoms with van der Waals surface area (Å²) in [5.74, 6) is 0.0777. The molecule has 2 aliphatic heterocycles. The van der Waals surface area contributed by atoms with Gasteiger partial charge in [-0.25, -0.2) is 0 Å². The van der Waals surface area contributed by atoms with Crippen LogP contribution in [0, 0.1) is 23.8 Å². The Morgan fingerprint density at radius 1 is 1.28 bits per heavy atom. The van der Waals surface area contributed by atoms with E-state index >= 15 is 0 Å². The molecule has 9 nitrogen and oxygen atoms in total. The second-order valence-corrected chi connectivity index (χ2v) is 9.90. The van der Waals surface area contributed by atoms with E-state index in [1.807, 2.05) is 36.1 Å². The van der Waals surface area contributed by atoms with Crippen LogP contribution in [0.15, 0.2) is 40.7 Å². The molecule has 1 unspecified atom stereocenters. The van der Waals surface area contributed by atoms with Gasteiger partial charge in [0.05, 0.1) is 35.3 Å². The van der Waals surface area contributed by atoms with Crippen molar-refractivity contribution >= 4 is 29.5 Å². The second kappa shape index (κ2) is 10.3. The Bertz CT molecular complexity index is 1260. The number of anilines is 1. The lowest BCUT2D eigenvalue weighted by Gasteiger charge is -2.46. The molecule has 0 radical (unpaired) electrons. The highest BCUT2D eigenvalue weighted by molar-refractivity contribution is 6.31. The van der Waals surface area contributed by atoms with Crippen LogP contribution in [0.25, 0.3) is 0 Å². The van der Waals surface area contributed by atoms with Crippen molar-refractivity contribution in [2.75, 3.05) is 38.1 Å². The first kappa shape index (κ1) is 24.4. The van der Waals surface area contributed by atoms with E-state index in [9.17, 15) is 10.1 Å². The average molecular weight is 506 g/mol. The van der Waals surface area contributed by atoms with Crippen LogP contribution in [0.3, 0.4) is 0 Å². The first-order valence-electron chi connectivity index (χ1n) is 12.1.